The minimum absolute atomic E-state index is 0.119. The molecule has 1 fully saturated rings. The standard InChI is InChI=1S/C13H24N2O/c1-3-10-15(11-4-2)12(16)13(14)8-6-5-7-9-13/h3H,1,4-11,14H2,2H3. The molecule has 0 atom stereocenters. The summed E-state index contributed by atoms with van der Waals surface area (Å²) in [5.74, 6) is 0.119. The van der Waals surface area contributed by atoms with E-state index in [9.17, 15) is 4.79 Å². The first-order chi connectivity index (χ1) is 7.64. The molecule has 2 N–H and O–H groups in total. The molecule has 0 aromatic carbocycles. The summed E-state index contributed by atoms with van der Waals surface area (Å²) in [6.45, 7) is 7.17. The maximum absolute atomic E-state index is 12.4. The Morgan fingerprint density at radius 3 is 2.56 bits per heavy atom. The van der Waals surface area contributed by atoms with Crippen LogP contribution in [0, 0.1) is 0 Å². The van der Waals surface area contributed by atoms with Crippen molar-refractivity contribution in [3.63, 3.8) is 0 Å². The molecule has 3 nitrogen and oxygen atoms in total. The summed E-state index contributed by atoms with van der Waals surface area (Å²) in [5.41, 5.74) is 5.64. The maximum atomic E-state index is 12.4. The number of carbonyl (C=O) groups is 1. The Morgan fingerprint density at radius 1 is 1.44 bits per heavy atom. The van der Waals surface area contributed by atoms with E-state index in [-0.39, 0.29) is 5.91 Å². The van der Waals surface area contributed by atoms with Crippen molar-refractivity contribution in [2.45, 2.75) is 51.0 Å². The molecule has 0 aromatic rings. The second-order valence-electron chi connectivity index (χ2n) is 4.76. The molecule has 1 aliphatic carbocycles. The van der Waals surface area contributed by atoms with Gasteiger partial charge in [0.15, 0.2) is 0 Å². The lowest BCUT2D eigenvalue weighted by atomic mass is 9.81. The van der Waals surface area contributed by atoms with Crippen LogP contribution >= 0.6 is 0 Å². The van der Waals surface area contributed by atoms with Gasteiger partial charge in [0.1, 0.15) is 0 Å². The molecule has 3 heteroatoms. The third-order valence-corrected chi connectivity index (χ3v) is 3.30. The fourth-order valence-electron chi connectivity index (χ4n) is 2.41. The van der Waals surface area contributed by atoms with Gasteiger partial charge in [0, 0.05) is 13.1 Å². The lowest BCUT2D eigenvalue weighted by Crippen LogP contribution is -2.56. The van der Waals surface area contributed by atoms with Gasteiger partial charge in [0.2, 0.25) is 5.91 Å². The van der Waals surface area contributed by atoms with Crippen molar-refractivity contribution in [1.29, 1.82) is 0 Å². The smallest absolute Gasteiger partial charge is 0.242 e. The van der Waals surface area contributed by atoms with Crippen molar-refractivity contribution < 1.29 is 4.79 Å². The van der Waals surface area contributed by atoms with Crippen LogP contribution in [0.25, 0.3) is 0 Å². The van der Waals surface area contributed by atoms with Gasteiger partial charge in [0.05, 0.1) is 5.54 Å². The van der Waals surface area contributed by atoms with Crippen LogP contribution in [0.4, 0.5) is 0 Å². The van der Waals surface area contributed by atoms with Crippen molar-refractivity contribution in [2.24, 2.45) is 5.73 Å². The van der Waals surface area contributed by atoms with E-state index < -0.39 is 5.54 Å². The molecule has 0 radical (unpaired) electrons. The van der Waals surface area contributed by atoms with Gasteiger partial charge in [-0.1, -0.05) is 32.3 Å². The van der Waals surface area contributed by atoms with Crippen LogP contribution < -0.4 is 5.73 Å². The second-order valence-corrected chi connectivity index (χ2v) is 4.76. The quantitative estimate of drug-likeness (QED) is 0.727. The van der Waals surface area contributed by atoms with E-state index in [1.807, 2.05) is 4.90 Å². The molecule has 0 aromatic heterocycles. The predicted octanol–water partition coefficient (Wildman–Crippen LogP) is 2.07. The van der Waals surface area contributed by atoms with Gasteiger partial charge in [-0.15, -0.1) is 6.58 Å². The number of nitrogens with two attached hydrogens (primary N) is 1. The van der Waals surface area contributed by atoms with Crippen molar-refractivity contribution in [3.05, 3.63) is 12.7 Å². The lowest BCUT2D eigenvalue weighted by Gasteiger charge is -2.36. The van der Waals surface area contributed by atoms with Crippen LogP contribution in [0.2, 0.25) is 0 Å². The van der Waals surface area contributed by atoms with E-state index in [4.69, 9.17) is 5.73 Å². The van der Waals surface area contributed by atoms with Gasteiger partial charge < -0.3 is 10.6 Å². The van der Waals surface area contributed by atoms with Crippen molar-refractivity contribution in [2.75, 3.05) is 13.1 Å². The zero-order chi connectivity index (χ0) is 12.0. The zero-order valence-corrected chi connectivity index (χ0v) is 10.4. The third-order valence-electron chi connectivity index (χ3n) is 3.30. The molecule has 0 bridgehead atoms. The SMILES string of the molecule is C=CCN(CCC)C(=O)C1(N)CCCCC1. The van der Waals surface area contributed by atoms with E-state index in [1.165, 1.54) is 6.42 Å². The van der Waals surface area contributed by atoms with Gasteiger partial charge in [0.25, 0.3) is 0 Å². The molecule has 0 aliphatic heterocycles. The summed E-state index contributed by atoms with van der Waals surface area (Å²) < 4.78 is 0. The predicted molar refractivity (Wildman–Crippen MR) is 67.1 cm³/mol. The maximum Gasteiger partial charge on any atom is 0.242 e. The first-order valence-electron chi connectivity index (χ1n) is 6.33. The van der Waals surface area contributed by atoms with Crippen LogP contribution in [0.3, 0.4) is 0 Å². The Hall–Kier alpha value is -0.830. The van der Waals surface area contributed by atoms with Crippen LogP contribution in [0.1, 0.15) is 45.4 Å². The van der Waals surface area contributed by atoms with Gasteiger partial charge in [-0.25, -0.2) is 0 Å². The second kappa shape index (κ2) is 6.04. The fraction of sp³-hybridized carbons (Fsp3) is 0.769. The molecule has 92 valence electrons. The highest BCUT2D eigenvalue weighted by molar-refractivity contribution is 5.86. The number of amides is 1. The highest BCUT2D eigenvalue weighted by Crippen LogP contribution is 2.27. The summed E-state index contributed by atoms with van der Waals surface area (Å²) in [6.07, 6.45) is 7.79. The van der Waals surface area contributed by atoms with Gasteiger partial charge in [-0.3, -0.25) is 4.79 Å². The summed E-state index contributed by atoms with van der Waals surface area (Å²) in [6, 6.07) is 0. The highest BCUT2D eigenvalue weighted by atomic mass is 16.2. The molecule has 1 aliphatic rings. The molecule has 1 rings (SSSR count). The molecule has 1 saturated carbocycles. The van der Waals surface area contributed by atoms with Crippen LogP contribution in [0.15, 0.2) is 12.7 Å². The molecule has 0 saturated heterocycles. The molecule has 0 heterocycles. The van der Waals surface area contributed by atoms with Gasteiger partial charge >= 0.3 is 0 Å². The van der Waals surface area contributed by atoms with Gasteiger partial charge in [-0.2, -0.15) is 0 Å². The summed E-state index contributed by atoms with van der Waals surface area (Å²) in [5, 5.41) is 0. The van der Waals surface area contributed by atoms with Crippen LogP contribution in [-0.4, -0.2) is 29.4 Å². The van der Waals surface area contributed by atoms with E-state index in [2.05, 4.69) is 13.5 Å². The zero-order valence-electron chi connectivity index (χ0n) is 10.4. The van der Waals surface area contributed by atoms with Gasteiger partial charge in [-0.05, 0) is 19.3 Å². The van der Waals surface area contributed by atoms with Crippen molar-refractivity contribution in [1.82, 2.24) is 4.90 Å². The fourth-order valence-corrected chi connectivity index (χ4v) is 2.41. The average molecular weight is 224 g/mol. The lowest BCUT2D eigenvalue weighted by molar-refractivity contribution is -0.137. The Morgan fingerprint density at radius 2 is 2.06 bits per heavy atom. The number of carbonyl (C=O) groups excluding carboxylic acids is 1. The van der Waals surface area contributed by atoms with E-state index >= 15 is 0 Å². The van der Waals surface area contributed by atoms with Crippen LogP contribution in [0.5, 0.6) is 0 Å². The average Bonchev–Trinajstić information content (AvgIpc) is 2.29. The Balaban J connectivity index is 2.67. The summed E-state index contributed by atoms with van der Waals surface area (Å²) in [7, 11) is 0. The first-order valence-corrected chi connectivity index (χ1v) is 6.33. The molecule has 16 heavy (non-hydrogen) atoms. The molecular formula is C13H24N2O. The Labute approximate surface area is 98.7 Å². The Kier molecular flexibility index (Phi) is 5.00. The third kappa shape index (κ3) is 3.08. The van der Waals surface area contributed by atoms with E-state index in [0.29, 0.717) is 6.54 Å². The molecule has 0 spiro atoms. The summed E-state index contributed by atoms with van der Waals surface area (Å²) >= 11 is 0. The molecule has 0 unspecified atom stereocenters. The summed E-state index contributed by atoms with van der Waals surface area (Å²) in [4.78, 5) is 14.2. The number of rotatable bonds is 5. The normalized spacial score (nSPS) is 19.1. The number of hydrogen-bond acceptors (Lipinski definition) is 2. The van der Waals surface area contributed by atoms with Crippen molar-refractivity contribution >= 4 is 5.91 Å². The Bertz CT molecular complexity index is 244. The largest absolute Gasteiger partial charge is 0.337 e. The first kappa shape index (κ1) is 13.2. The minimum atomic E-state index is -0.601. The van der Waals surface area contributed by atoms with E-state index in [0.717, 1.165) is 38.6 Å². The molecular weight excluding hydrogens is 200 g/mol. The minimum Gasteiger partial charge on any atom is -0.337 e. The van der Waals surface area contributed by atoms with Crippen molar-refractivity contribution in [3.8, 4) is 0 Å². The van der Waals surface area contributed by atoms with Crippen LogP contribution in [-0.2, 0) is 4.79 Å². The molecule has 1 amide bonds. The number of hydrogen-bond donors (Lipinski definition) is 1. The highest BCUT2D eigenvalue weighted by Gasteiger charge is 2.37. The van der Waals surface area contributed by atoms with E-state index in [1.54, 1.807) is 6.08 Å². The number of nitrogens with zero attached hydrogens (tertiary/aromatic N) is 1. The monoisotopic (exact) mass is 224 g/mol. The topological polar surface area (TPSA) is 46.3 Å².